The van der Waals surface area contributed by atoms with Gasteiger partial charge < -0.3 is 9.84 Å². The van der Waals surface area contributed by atoms with Crippen LogP contribution in [0.4, 0.5) is 0 Å². The van der Waals surface area contributed by atoms with Gasteiger partial charge in [-0.1, -0.05) is 6.92 Å². The summed E-state index contributed by atoms with van der Waals surface area (Å²) in [4.78, 5) is 13.6. The van der Waals surface area contributed by atoms with E-state index < -0.39 is 0 Å². The summed E-state index contributed by atoms with van der Waals surface area (Å²) in [6, 6.07) is 0.0685. The second-order valence-electron chi connectivity index (χ2n) is 4.74. The molecule has 4 unspecified atom stereocenters. The fourth-order valence-electron chi connectivity index (χ4n) is 2.18. The summed E-state index contributed by atoms with van der Waals surface area (Å²) in [5.74, 6) is 4.78. The van der Waals surface area contributed by atoms with Gasteiger partial charge >= 0.3 is 0 Å². The van der Waals surface area contributed by atoms with E-state index in [4.69, 9.17) is 15.7 Å². The molecule has 1 heterocycles. The van der Waals surface area contributed by atoms with Crippen molar-refractivity contribution >= 4 is 5.91 Å². The van der Waals surface area contributed by atoms with Gasteiger partial charge in [-0.25, -0.2) is 5.84 Å². The molecule has 0 aromatic carbocycles. The van der Waals surface area contributed by atoms with Gasteiger partial charge in [0.2, 0.25) is 5.91 Å². The van der Waals surface area contributed by atoms with Crippen molar-refractivity contribution in [1.29, 1.82) is 0 Å². The first-order valence-corrected chi connectivity index (χ1v) is 6.00. The fourth-order valence-corrected chi connectivity index (χ4v) is 2.18. The highest BCUT2D eigenvalue weighted by Gasteiger charge is 2.32. The van der Waals surface area contributed by atoms with E-state index in [9.17, 15) is 4.79 Å². The van der Waals surface area contributed by atoms with Crippen molar-refractivity contribution in [2.24, 2.45) is 11.8 Å². The number of carbonyl (C=O) groups is 1. The molecule has 6 heteroatoms. The van der Waals surface area contributed by atoms with Crippen molar-refractivity contribution in [2.45, 2.75) is 39.0 Å². The molecule has 0 spiro atoms. The Balaban J connectivity index is 2.61. The van der Waals surface area contributed by atoms with Crippen molar-refractivity contribution in [3.05, 3.63) is 0 Å². The molecule has 1 fully saturated rings. The highest BCUT2D eigenvalue weighted by atomic mass is 16.5. The lowest BCUT2D eigenvalue weighted by atomic mass is 9.99. The Morgan fingerprint density at radius 2 is 2.24 bits per heavy atom. The number of amides is 1. The lowest BCUT2D eigenvalue weighted by molar-refractivity contribution is -0.132. The predicted molar refractivity (Wildman–Crippen MR) is 63.9 cm³/mol. The van der Waals surface area contributed by atoms with Gasteiger partial charge in [-0.2, -0.15) is 0 Å². The molecule has 0 bridgehead atoms. The smallest absolute Gasteiger partial charge is 0.238 e. The number of hydrazine groups is 1. The van der Waals surface area contributed by atoms with Crippen LogP contribution in [0.2, 0.25) is 0 Å². The zero-order valence-corrected chi connectivity index (χ0v) is 10.7. The van der Waals surface area contributed by atoms with Crippen molar-refractivity contribution in [3.8, 4) is 0 Å². The number of carbonyl (C=O) groups excluding carboxylic acids is 1. The number of nitrogens with two attached hydrogens (primary N) is 1. The van der Waals surface area contributed by atoms with Gasteiger partial charge in [-0.15, -0.1) is 0 Å². The van der Waals surface area contributed by atoms with E-state index in [0.717, 1.165) is 6.54 Å². The normalized spacial score (nSPS) is 29.7. The largest absolute Gasteiger partial charge is 0.394 e. The summed E-state index contributed by atoms with van der Waals surface area (Å²) < 4.78 is 5.57. The Morgan fingerprint density at radius 1 is 1.59 bits per heavy atom. The number of aliphatic hydroxyl groups excluding tert-OH is 1. The highest BCUT2D eigenvalue weighted by Crippen LogP contribution is 2.18. The highest BCUT2D eigenvalue weighted by molar-refractivity contribution is 5.78. The molecule has 1 saturated heterocycles. The molecule has 0 aliphatic carbocycles. The molecule has 1 rings (SSSR count). The van der Waals surface area contributed by atoms with E-state index in [1.54, 1.807) is 0 Å². The summed E-state index contributed by atoms with van der Waals surface area (Å²) in [6.07, 6.45) is -0.106. The summed E-state index contributed by atoms with van der Waals surface area (Å²) in [6.45, 7) is 7.22. The molecule has 0 radical (unpaired) electrons. The summed E-state index contributed by atoms with van der Waals surface area (Å²) in [5, 5.41) is 9.15. The third-order valence-corrected chi connectivity index (χ3v) is 3.41. The van der Waals surface area contributed by atoms with Crippen LogP contribution in [0.15, 0.2) is 0 Å². The van der Waals surface area contributed by atoms with E-state index in [1.165, 1.54) is 0 Å². The van der Waals surface area contributed by atoms with Crippen LogP contribution in [0.5, 0.6) is 0 Å². The molecule has 0 aromatic heterocycles. The number of rotatable bonds is 4. The Hall–Kier alpha value is -0.690. The van der Waals surface area contributed by atoms with Gasteiger partial charge in [0.25, 0.3) is 0 Å². The molecule has 100 valence electrons. The molecule has 6 nitrogen and oxygen atoms in total. The molecule has 4 atom stereocenters. The van der Waals surface area contributed by atoms with Crippen molar-refractivity contribution < 1.29 is 14.6 Å². The molecule has 0 saturated carbocycles. The van der Waals surface area contributed by atoms with Gasteiger partial charge in [0.1, 0.15) is 0 Å². The van der Waals surface area contributed by atoms with Gasteiger partial charge in [0.05, 0.1) is 24.7 Å². The van der Waals surface area contributed by atoms with E-state index >= 15 is 0 Å². The average molecular weight is 245 g/mol. The second-order valence-corrected chi connectivity index (χ2v) is 4.74. The number of ether oxygens (including phenoxy) is 1. The van der Waals surface area contributed by atoms with Gasteiger partial charge in [-0.3, -0.25) is 15.1 Å². The zero-order valence-electron chi connectivity index (χ0n) is 10.7. The van der Waals surface area contributed by atoms with Crippen molar-refractivity contribution in [2.75, 3.05) is 19.7 Å². The molecular formula is C11H23N3O3. The Morgan fingerprint density at radius 3 is 2.76 bits per heavy atom. The van der Waals surface area contributed by atoms with Gasteiger partial charge in [0.15, 0.2) is 0 Å². The molecule has 0 aromatic rings. The van der Waals surface area contributed by atoms with Crippen LogP contribution < -0.4 is 11.3 Å². The van der Waals surface area contributed by atoms with Crippen LogP contribution in [-0.2, 0) is 9.53 Å². The molecule has 17 heavy (non-hydrogen) atoms. The molecular weight excluding hydrogens is 222 g/mol. The first-order chi connectivity index (χ1) is 7.99. The molecule has 4 N–H and O–H groups in total. The SMILES string of the molecule is CC1CN(C(C)C(C)C(=O)NN)CC(CO)O1. The Kier molecular flexibility index (Phi) is 5.32. The van der Waals surface area contributed by atoms with E-state index in [2.05, 4.69) is 10.3 Å². The maximum absolute atomic E-state index is 11.5. The summed E-state index contributed by atoms with van der Waals surface area (Å²) in [5.41, 5.74) is 2.17. The summed E-state index contributed by atoms with van der Waals surface area (Å²) >= 11 is 0. The summed E-state index contributed by atoms with van der Waals surface area (Å²) in [7, 11) is 0. The lowest BCUT2D eigenvalue weighted by Gasteiger charge is -2.41. The second kappa shape index (κ2) is 6.30. The van der Waals surface area contributed by atoms with Crippen LogP contribution in [0.1, 0.15) is 20.8 Å². The van der Waals surface area contributed by atoms with Crippen LogP contribution >= 0.6 is 0 Å². The minimum Gasteiger partial charge on any atom is -0.394 e. The van der Waals surface area contributed by atoms with Crippen LogP contribution in [0.25, 0.3) is 0 Å². The number of nitrogens with zero attached hydrogens (tertiary/aromatic N) is 1. The first-order valence-electron chi connectivity index (χ1n) is 6.00. The van der Waals surface area contributed by atoms with Crippen molar-refractivity contribution in [3.63, 3.8) is 0 Å². The third kappa shape index (κ3) is 3.64. The average Bonchev–Trinajstić information content (AvgIpc) is 2.35. The van der Waals surface area contributed by atoms with Crippen molar-refractivity contribution in [1.82, 2.24) is 10.3 Å². The van der Waals surface area contributed by atoms with Gasteiger partial charge in [-0.05, 0) is 13.8 Å². The fraction of sp³-hybridized carbons (Fsp3) is 0.909. The Bertz CT molecular complexity index is 262. The molecule has 1 amide bonds. The maximum atomic E-state index is 11.5. The minimum atomic E-state index is -0.190. The quantitative estimate of drug-likeness (QED) is 0.339. The number of aliphatic hydroxyl groups is 1. The Labute approximate surface area is 102 Å². The van der Waals surface area contributed by atoms with E-state index in [-0.39, 0.29) is 36.7 Å². The number of hydrogen-bond acceptors (Lipinski definition) is 5. The van der Waals surface area contributed by atoms with E-state index in [1.807, 2.05) is 20.8 Å². The number of hydrogen-bond donors (Lipinski definition) is 3. The first kappa shape index (κ1) is 14.4. The number of nitrogens with one attached hydrogen (secondary N) is 1. The standard InChI is InChI=1S/C11H23N3O3/c1-7-4-14(5-10(6-15)17-7)9(3)8(2)11(16)13-12/h7-10,15H,4-6,12H2,1-3H3,(H,13,16). The van der Waals surface area contributed by atoms with Crippen LogP contribution in [0.3, 0.4) is 0 Å². The van der Waals surface area contributed by atoms with Crippen LogP contribution in [0, 0.1) is 5.92 Å². The monoisotopic (exact) mass is 245 g/mol. The maximum Gasteiger partial charge on any atom is 0.238 e. The third-order valence-electron chi connectivity index (χ3n) is 3.41. The lowest BCUT2D eigenvalue weighted by Crippen LogP contribution is -2.54. The van der Waals surface area contributed by atoms with Crippen LogP contribution in [-0.4, -0.2) is 53.9 Å². The zero-order chi connectivity index (χ0) is 13.0. The predicted octanol–water partition coefficient (Wildman–Crippen LogP) is -0.917. The van der Waals surface area contributed by atoms with E-state index in [0.29, 0.717) is 6.54 Å². The number of morpholine rings is 1. The molecule has 1 aliphatic heterocycles. The molecule has 1 aliphatic rings. The topological polar surface area (TPSA) is 87.8 Å². The minimum absolute atomic E-state index is 0.00499. The van der Waals surface area contributed by atoms with Gasteiger partial charge in [0, 0.05) is 19.1 Å².